The number of hydrogen-bond donors (Lipinski definition) is 0. The van der Waals surface area contributed by atoms with Crippen molar-refractivity contribution in [3.8, 4) is 0 Å². The molecule has 0 aromatic heterocycles. The summed E-state index contributed by atoms with van der Waals surface area (Å²) in [6.45, 7) is 2.14. The second-order valence-corrected chi connectivity index (χ2v) is 8.73. The second-order valence-electron chi connectivity index (χ2n) is 8.13. The molecule has 3 unspecified atom stereocenters. The summed E-state index contributed by atoms with van der Waals surface area (Å²) in [7, 11) is 0. The van der Waals surface area contributed by atoms with Crippen molar-refractivity contribution in [3.63, 3.8) is 0 Å². The molecule has 31 heavy (non-hydrogen) atoms. The molecule has 1 saturated carbocycles. The average molecular weight is 465 g/mol. The van der Waals surface area contributed by atoms with E-state index in [0.29, 0.717) is 12.0 Å². The third-order valence-corrected chi connectivity index (χ3v) is 6.58. The van der Waals surface area contributed by atoms with Crippen molar-refractivity contribution in [2.75, 3.05) is 0 Å². The van der Waals surface area contributed by atoms with E-state index in [-0.39, 0.29) is 5.56 Å². The maximum absolute atomic E-state index is 13.7. The SMILES string of the molecule is CC1(C)C(C(=O)OC(c2cccc(Cc3ccccc3)c2)C(F)(F)F)C1(Cl)C(F)(F)F. The molecule has 0 spiro atoms. The van der Waals surface area contributed by atoms with Gasteiger partial charge in [-0.1, -0.05) is 68.4 Å². The van der Waals surface area contributed by atoms with Crippen LogP contribution in [-0.4, -0.2) is 23.2 Å². The topological polar surface area (TPSA) is 26.3 Å². The molecule has 0 heterocycles. The number of carbonyl (C=O) groups is 1. The first-order valence-electron chi connectivity index (χ1n) is 9.35. The van der Waals surface area contributed by atoms with Gasteiger partial charge in [0.15, 0.2) is 4.87 Å². The molecule has 2 aromatic carbocycles. The van der Waals surface area contributed by atoms with Gasteiger partial charge < -0.3 is 4.74 Å². The molecule has 1 aliphatic rings. The van der Waals surface area contributed by atoms with Gasteiger partial charge in [-0.3, -0.25) is 4.79 Å². The van der Waals surface area contributed by atoms with Crippen molar-refractivity contribution >= 4 is 17.6 Å². The van der Waals surface area contributed by atoms with Crippen LogP contribution >= 0.6 is 11.6 Å². The van der Waals surface area contributed by atoms with Gasteiger partial charge >= 0.3 is 18.3 Å². The van der Waals surface area contributed by atoms with Crippen molar-refractivity contribution < 1.29 is 35.9 Å². The van der Waals surface area contributed by atoms with Crippen molar-refractivity contribution in [1.82, 2.24) is 0 Å². The molecule has 3 rings (SSSR count). The molecule has 1 aliphatic carbocycles. The molecule has 0 saturated heterocycles. The van der Waals surface area contributed by atoms with E-state index in [2.05, 4.69) is 4.74 Å². The number of benzene rings is 2. The third-order valence-electron chi connectivity index (χ3n) is 5.66. The Hall–Kier alpha value is -2.22. The zero-order chi connectivity index (χ0) is 23.2. The maximum Gasteiger partial charge on any atom is 0.429 e. The monoisotopic (exact) mass is 464 g/mol. The molecular formula is C22H19ClF6O2. The Kier molecular flexibility index (Phi) is 5.84. The van der Waals surface area contributed by atoms with Crippen LogP contribution in [0.15, 0.2) is 54.6 Å². The molecule has 1 fully saturated rings. The van der Waals surface area contributed by atoms with E-state index >= 15 is 0 Å². The fraction of sp³-hybridized carbons (Fsp3) is 0.409. The second kappa shape index (κ2) is 7.73. The Balaban J connectivity index is 1.86. The lowest BCUT2D eigenvalue weighted by atomic mass is 10.0. The molecule has 168 valence electrons. The normalized spacial score (nSPS) is 23.8. The van der Waals surface area contributed by atoms with E-state index in [4.69, 9.17) is 11.6 Å². The molecule has 2 nitrogen and oxygen atoms in total. The van der Waals surface area contributed by atoms with Gasteiger partial charge in [0.25, 0.3) is 0 Å². The van der Waals surface area contributed by atoms with Crippen LogP contribution in [0.5, 0.6) is 0 Å². The first-order chi connectivity index (χ1) is 14.2. The molecule has 0 N–H and O–H groups in total. The van der Waals surface area contributed by atoms with Gasteiger partial charge in [0.1, 0.15) is 0 Å². The Morgan fingerprint density at radius 1 is 1.00 bits per heavy atom. The number of alkyl halides is 7. The number of rotatable bonds is 5. The van der Waals surface area contributed by atoms with Crippen LogP contribution in [0.25, 0.3) is 0 Å². The van der Waals surface area contributed by atoms with Crippen LogP contribution in [0.3, 0.4) is 0 Å². The zero-order valence-electron chi connectivity index (χ0n) is 16.5. The number of halogens is 7. The highest BCUT2D eigenvalue weighted by atomic mass is 35.5. The van der Waals surface area contributed by atoms with E-state index in [0.717, 1.165) is 25.5 Å². The Labute approximate surface area is 180 Å². The number of ether oxygens (including phenoxy) is 1. The van der Waals surface area contributed by atoms with Crippen LogP contribution in [0.4, 0.5) is 26.3 Å². The minimum Gasteiger partial charge on any atom is -0.447 e. The van der Waals surface area contributed by atoms with E-state index in [1.54, 1.807) is 36.4 Å². The van der Waals surface area contributed by atoms with Gasteiger partial charge in [-0.15, -0.1) is 11.6 Å². The average Bonchev–Trinajstić information content (AvgIpc) is 3.13. The van der Waals surface area contributed by atoms with Crippen molar-refractivity contribution in [3.05, 3.63) is 71.3 Å². The minimum absolute atomic E-state index is 0.335. The summed E-state index contributed by atoms with van der Waals surface area (Å²) >= 11 is 5.63. The largest absolute Gasteiger partial charge is 0.447 e. The zero-order valence-corrected chi connectivity index (χ0v) is 17.3. The highest BCUT2D eigenvalue weighted by molar-refractivity contribution is 6.30. The van der Waals surface area contributed by atoms with Crippen molar-refractivity contribution in [2.45, 2.75) is 43.6 Å². The quantitative estimate of drug-likeness (QED) is 0.282. The summed E-state index contributed by atoms with van der Waals surface area (Å²) in [6.07, 6.45) is -12.4. The fourth-order valence-electron chi connectivity index (χ4n) is 3.90. The van der Waals surface area contributed by atoms with Crippen molar-refractivity contribution in [2.24, 2.45) is 11.3 Å². The minimum atomic E-state index is -5.02. The smallest absolute Gasteiger partial charge is 0.429 e. The first-order valence-corrected chi connectivity index (χ1v) is 9.73. The lowest BCUT2D eigenvalue weighted by Gasteiger charge is -2.22. The van der Waals surface area contributed by atoms with Crippen LogP contribution in [-0.2, 0) is 16.0 Å². The van der Waals surface area contributed by atoms with Gasteiger partial charge in [0.05, 0.1) is 5.92 Å². The molecule has 9 heteroatoms. The number of carbonyl (C=O) groups excluding carboxylic acids is 1. The van der Waals surface area contributed by atoms with E-state index in [9.17, 15) is 31.1 Å². The Morgan fingerprint density at radius 3 is 2.10 bits per heavy atom. The number of hydrogen-bond acceptors (Lipinski definition) is 2. The van der Waals surface area contributed by atoms with Crippen LogP contribution in [0.1, 0.15) is 36.6 Å². The standard InChI is InChI=1S/C22H19ClF6O2/c1-19(2)16(20(19,23)22(27,28)29)18(30)31-17(21(24,25)26)15-10-6-9-14(12-15)11-13-7-4-3-5-8-13/h3-10,12,16-17H,11H2,1-2H3. The van der Waals surface area contributed by atoms with Crippen LogP contribution in [0, 0.1) is 11.3 Å². The van der Waals surface area contributed by atoms with Gasteiger partial charge in [-0.05, 0) is 17.5 Å². The van der Waals surface area contributed by atoms with Crippen LogP contribution < -0.4 is 0 Å². The molecule has 3 atom stereocenters. The lowest BCUT2D eigenvalue weighted by molar-refractivity contribution is -0.226. The van der Waals surface area contributed by atoms with E-state index < -0.39 is 40.6 Å². The molecule has 0 bridgehead atoms. The predicted molar refractivity (Wildman–Crippen MR) is 102 cm³/mol. The molecule has 0 radical (unpaired) electrons. The summed E-state index contributed by atoms with van der Waals surface area (Å²) in [5.41, 5.74) is -0.783. The third kappa shape index (κ3) is 4.27. The lowest BCUT2D eigenvalue weighted by Crippen LogP contribution is -2.33. The van der Waals surface area contributed by atoms with E-state index in [1.807, 2.05) is 0 Å². The molecular weight excluding hydrogens is 446 g/mol. The van der Waals surface area contributed by atoms with Crippen LogP contribution in [0.2, 0.25) is 0 Å². The highest BCUT2D eigenvalue weighted by Gasteiger charge is 2.86. The number of esters is 1. The van der Waals surface area contributed by atoms with Gasteiger partial charge in [0.2, 0.25) is 6.10 Å². The maximum atomic E-state index is 13.7. The van der Waals surface area contributed by atoms with Gasteiger partial charge in [0, 0.05) is 11.0 Å². The summed E-state index contributed by atoms with van der Waals surface area (Å²) in [4.78, 5) is 9.41. The molecule has 0 amide bonds. The summed E-state index contributed by atoms with van der Waals surface area (Å²) in [5, 5.41) is 0. The predicted octanol–water partition coefficient (Wildman–Crippen LogP) is 6.62. The summed E-state index contributed by atoms with van der Waals surface area (Å²) in [6, 6.07) is 14.3. The summed E-state index contributed by atoms with van der Waals surface area (Å²) < 4.78 is 85.7. The highest BCUT2D eigenvalue weighted by Crippen LogP contribution is 2.72. The Morgan fingerprint density at radius 2 is 1.58 bits per heavy atom. The Bertz CT molecular complexity index is 954. The summed E-state index contributed by atoms with van der Waals surface area (Å²) in [5.74, 6) is -3.58. The van der Waals surface area contributed by atoms with Gasteiger partial charge in [-0.25, -0.2) is 0 Å². The van der Waals surface area contributed by atoms with E-state index in [1.165, 1.54) is 12.1 Å². The van der Waals surface area contributed by atoms with Crippen molar-refractivity contribution in [1.29, 1.82) is 0 Å². The fourth-order valence-corrected chi connectivity index (χ4v) is 4.32. The molecule has 2 aromatic rings. The first kappa shape index (κ1) is 23.4. The van der Waals surface area contributed by atoms with Gasteiger partial charge in [-0.2, -0.15) is 26.3 Å². The molecule has 0 aliphatic heterocycles.